The molecule has 1 aliphatic rings. The second-order valence-electron chi connectivity index (χ2n) is 4.65. The summed E-state index contributed by atoms with van der Waals surface area (Å²) in [5.41, 5.74) is 2.04. The number of thiazole rings is 1. The monoisotopic (exact) mass is 276 g/mol. The third kappa shape index (κ3) is 2.74. The molecule has 1 aliphatic heterocycles. The Morgan fingerprint density at radius 3 is 2.95 bits per heavy atom. The van der Waals surface area contributed by atoms with Gasteiger partial charge in [0, 0.05) is 29.4 Å². The van der Waals surface area contributed by atoms with Gasteiger partial charge in [-0.3, -0.25) is 0 Å². The fourth-order valence-electron chi connectivity index (χ4n) is 2.14. The summed E-state index contributed by atoms with van der Waals surface area (Å²) >= 11 is 1.66. The van der Waals surface area contributed by atoms with Gasteiger partial charge in [-0.2, -0.15) is 0 Å². The van der Waals surface area contributed by atoms with Crippen molar-refractivity contribution in [2.45, 2.75) is 20.0 Å². The molecule has 19 heavy (non-hydrogen) atoms. The lowest BCUT2D eigenvalue weighted by Crippen LogP contribution is -2.38. The summed E-state index contributed by atoms with van der Waals surface area (Å²) in [4.78, 5) is 15.2. The number of anilines is 1. The molecule has 0 aromatic carbocycles. The van der Waals surface area contributed by atoms with E-state index in [1.807, 2.05) is 19.9 Å². The first-order chi connectivity index (χ1) is 9.22. The fourth-order valence-corrected chi connectivity index (χ4v) is 2.98. The van der Waals surface area contributed by atoms with Gasteiger partial charge in [0.1, 0.15) is 23.3 Å². The first-order valence-electron chi connectivity index (χ1n) is 6.29. The predicted octanol–water partition coefficient (Wildman–Crippen LogP) is 2.13. The molecule has 100 valence electrons. The molecule has 1 unspecified atom stereocenters. The molecular weight excluding hydrogens is 260 g/mol. The summed E-state index contributed by atoms with van der Waals surface area (Å²) in [5, 5.41) is 3.11. The van der Waals surface area contributed by atoms with Crippen molar-refractivity contribution in [2.24, 2.45) is 0 Å². The largest absolute Gasteiger partial charge is 0.367 e. The molecule has 1 fully saturated rings. The van der Waals surface area contributed by atoms with Crippen LogP contribution in [0, 0.1) is 13.8 Å². The minimum atomic E-state index is 0.0442. The summed E-state index contributed by atoms with van der Waals surface area (Å²) in [6.07, 6.45) is 1.66. The topological polar surface area (TPSA) is 51.1 Å². The van der Waals surface area contributed by atoms with Crippen LogP contribution in [0.15, 0.2) is 17.8 Å². The number of nitrogens with zero attached hydrogens (tertiary/aromatic N) is 4. The van der Waals surface area contributed by atoms with E-state index in [4.69, 9.17) is 4.74 Å². The summed E-state index contributed by atoms with van der Waals surface area (Å²) in [5.74, 6) is 0.967. The molecule has 0 bridgehead atoms. The molecule has 0 radical (unpaired) electrons. The second kappa shape index (κ2) is 5.22. The highest BCUT2D eigenvalue weighted by Gasteiger charge is 2.25. The van der Waals surface area contributed by atoms with Gasteiger partial charge in [-0.25, -0.2) is 15.0 Å². The zero-order valence-electron chi connectivity index (χ0n) is 11.0. The Morgan fingerprint density at radius 2 is 2.21 bits per heavy atom. The molecule has 3 heterocycles. The molecule has 0 amide bonds. The van der Waals surface area contributed by atoms with Crippen LogP contribution < -0.4 is 4.90 Å². The molecule has 2 aromatic heterocycles. The molecule has 0 saturated carbocycles. The van der Waals surface area contributed by atoms with Gasteiger partial charge >= 0.3 is 0 Å². The molecule has 0 aliphatic carbocycles. The zero-order chi connectivity index (χ0) is 13.2. The minimum absolute atomic E-state index is 0.0442. The summed E-state index contributed by atoms with van der Waals surface area (Å²) in [6.45, 7) is 6.34. The van der Waals surface area contributed by atoms with Crippen molar-refractivity contribution in [2.75, 3.05) is 24.6 Å². The van der Waals surface area contributed by atoms with Crippen LogP contribution in [0.3, 0.4) is 0 Å². The normalized spacial score (nSPS) is 19.7. The van der Waals surface area contributed by atoms with E-state index in [-0.39, 0.29) is 6.10 Å². The lowest BCUT2D eigenvalue weighted by molar-refractivity contribution is 0.0393. The van der Waals surface area contributed by atoms with E-state index in [0.29, 0.717) is 6.61 Å². The van der Waals surface area contributed by atoms with E-state index in [1.165, 1.54) is 0 Å². The minimum Gasteiger partial charge on any atom is -0.367 e. The number of hydrogen-bond acceptors (Lipinski definition) is 6. The lowest BCUT2D eigenvalue weighted by atomic mass is 10.2. The molecule has 2 aromatic rings. The van der Waals surface area contributed by atoms with Crippen LogP contribution in [0.2, 0.25) is 0 Å². The number of aromatic nitrogens is 3. The summed E-state index contributed by atoms with van der Waals surface area (Å²) in [7, 11) is 0. The SMILES string of the molecule is Cc1cc(N2CCOC(c3nc(C)cs3)C2)ncn1. The Labute approximate surface area is 116 Å². The first kappa shape index (κ1) is 12.5. The van der Waals surface area contributed by atoms with Crippen molar-refractivity contribution in [3.05, 3.63) is 34.2 Å². The maximum absolute atomic E-state index is 5.82. The molecule has 1 saturated heterocycles. The first-order valence-corrected chi connectivity index (χ1v) is 7.17. The molecule has 5 nitrogen and oxygen atoms in total. The van der Waals surface area contributed by atoms with Crippen molar-refractivity contribution in [3.63, 3.8) is 0 Å². The van der Waals surface area contributed by atoms with Crippen LogP contribution in [0.5, 0.6) is 0 Å². The second-order valence-corrected chi connectivity index (χ2v) is 5.54. The van der Waals surface area contributed by atoms with Crippen LogP contribution >= 0.6 is 11.3 Å². The molecular formula is C13H16N4OS. The Kier molecular flexibility index (Phi) is 3.44. The summed E-state index contributed by atoms with van der Waals surface area (Å²) < 4.78 is 5.82. The fraction of sp³-hybridized carbons (Fsp3) is 0.462. The van der Waals surface area contributed by atoms with Crippen LogP contribution in [0.1, 0.15) is 22.5 Å². The quantitative estimate of drug-likeness (QED) is 0.841. The summed E-state index contributed by atoms with van der Waals surface area (Å²) in [6, 6.07) is 2.01. The maximum Gasteiger partial charge on any atom is 0.132 e. The molecule has 3 rings (SSSR count). The molecule has 6 heteroatoms. The number of ether oxygens (including phenoxy) is 1. The highest BCUT2D eigenvalue weighted by Crippen LogP contribution is 2.27. The zero-order valence-corrected chi connectivity index (χ0v) is 11.9. The third-order valence-corrected chi connectivity index (χ3v) is 4.15. The number of aryl methyl sites for hydroxylation is 2. The molecule has 0 N–H and O–H groups in total. The predicted molar refractivity (Wildman–Crippen MR) is 74.5 cm³/mol. The number of morpholine rings is 1. The highest BCUT2D eigenvalue weighted by atomic mass is 32.1. The van der Waals surface area contributed by atoms with E-state index < -0.39 is 0 Å². The van der Waals surface area contributed by atoms with E-state index in [0.717, 1.165) is 35.3 Å². The van der Waals surface area contributed by atoms with Crippen molar-refractivity contribution >= 4 is 17.2 Å². The van der Waals surface area contributed by atoms with Gasteiger partial charge in [0.2, 0.25) is 0 Å². The van der Waals surface area contributed by atoms with Crippen molar-refractivity contribution in [1.82, 2.24) is 15.0 Å². The van der Waals surface area contributed by atoms with E-state index in [1.54, 1.807) is 17.7 Å². The van der Waals surface area contributed by atoms with Gasteiger partial charge in [-0.05, 0) is 13.8 Å². The average molecular weight is 276 g/mol. The Bertz CT molecular complexity index is 571. The van der Waals surface area contributed by atoms with E-state index >= 15 is 0 Å². The van der Waals surface area contributed by atoms with Crippen LogP contribution in [0.25, 0.3) is 0 Å². The number of rotatable bonds is 2. The number of hydrogen-bond donors (Lipinski definition) is 0. The van der Waals surface area contributed by atoms with Crippen LogP contribution in [-0.2, 0) is 4.74 Å². The maximum atomic E-state index is 5.82. The Morgan fingerprint density at radius 1 is 1.32 bits per heavy atom. The Hall–Kier alpha value is -1.53. The van der Waals surface area contributed by atoms with Crippen molar-refractivity contribution in [3.8, 4) is 0 Å². The van der Waals surface area contributed by atoms with Gasteiger partial charge in [-0.15, -0.1) is 11.3 Å². The average Bonchev–Trinajstić information content (AvgIpc) is 2.86. The van der Waals surface area contributed by atoms with Crippen LogP contribution in [-0.4, -0.2) is 34.6 Å². The molecule has 0 spiro atoms. The lowest BCUT2D eigenvalue weighted by Gasteiger charge is -2.32. The Balaban J connectivity index is 1.78. The van der Waals surface area contributed by atoms with Crippen LogP contribution in [0.4, 0.5) is 5.82 Å². The van der Waals surface area contributed by atoms with Gasteiger partial charge in [0.25, 0.3) is 0 Å². The van der Waals surface area contributed by atoms with Gasteiger partial charge in [-0.1, -0.05) is 0 Å². The standard InChI is InChI=1S/C13H16N4OS/c1-9-5-12(15-8-14-9)17-3-4-18-11(6-17)13-16-10(2)7-19-13/h5,7-8,11H,3-4,6H2,1-2H3. The van der Waals surface area contributed by atoms with E-state index in [2.05, 4.69) is 25.2 Å². The third-order valence-electron chi connectivity index (χ3n) is 3.09. The smallest absolute Gasteiger partial charge is 0.132 e. The van der Waals surface area contributed by atoms with Gasteiger partial charge in [0.05, 0.1) is 13.2 Å². The van der Waals surface area contributed by atoms with E-state index in [9.17, 15) is 0 Å². The van der Waals surface area contributed by atoms with Gasteiger partial charge in [0.15, 0.2) is 0 Å². The highest BCUT2D eigenvalue weighted by molar-refractivity contribution is 7.09. The molecule has 1 atom stereocenters. The van der Waals surface area contributed by atoms with Crippen molar-refractivity contribution < 1.29 is 4.74 Å². The van der Waals surface area contributed by atoms with Gasteiger partial charge < -0.3 is 9.64 Å². The van der Waals surface area contributed by atoms with Crippen molar-refractivity contribution in [1.29, 1.82) is 0 Å².